The molecule has 0 fully saturated rings. The van der Waals surface area contributed by atoms with E-state index in [-0.39, 0.29) is 6.03 Å². The van der Waals surface area contributed by atoms with E-state index in [0.29, 0.717) is 24.7 Å². The van der Waals surface area contributed by atoms with Crippen molar-refractivity contribution in [3.05, 3.63) is 48.1 Å². The maximum Gasteiger partial charge on any atom is 0.319 e. The molecule has 1 aromatic carbocycles. The van der Waals surface area contributed by atoms with Crippen molar-refractivity contribution in [2.45, 2.75) is 0 Å². The minimum absolute atomic E-state index is 0.270. The first-order valence-electron chi connectivity index (χ1n) is 7.24. The first-order valence-corrected chi connectivity index (χ1v) is 8.08. The van der Waals surface area contributed by atoms with Crippen LogP contribution >= 0.6 is 11.5 Å². The van der Waals surface area contributed by atoms with Crippen LogP contribution in [0.15, 0.2) is 48.1 Å². The molecule has 8 nitrogen and oxygen atoms in total. The highest BCUT2D eigenvalue weighted by Crippen LogP contribution is 2.19. The second-order valence-electron chi connectivity index (χ2n) is 4.75. The minimum atomic E-state index is -0.270. The number of hydrogen-bond acceptors (Lipinski definition) is 7. The highest BCUT2D eigenvalue weighted by atomic mass is 32.1. The molecule has 0 aliphatic rings. The standard InChI is InChI=1S/C15H15N7OS/c23-15(19-9-8-18-14-16-6-1-7-17-14)20-12-4-2-11(3-5-12)13-10-24-22-21-13/h1-7,10H,8-9H2,(H,16,17,18)(H2,19,20,23). The van der Waals surface area contributed by atoms with Gasteiger partial charge in [-0.2, -0.15) is 0 Å². The summed E-state index contributed by atoms with van der Waals surface area (Å²) >= 11 is 1.30. The normalized spacial score (nSPS) is 10.2. The van der Waals surface area contributed by atoms with Crippen LogP contribution in [0.4, 0.5) is 16.4 Å². The highest BCUT2D eigenvalue weighted by Gasteiger charge is 2.03. The predicted molar refractivity (Wildman–Crippen MR) is 92.9 cm³/mol. The summed E-state index contributed by atoms with van der Waals surface area (Å²) < 4.78 is 3.83. The molecule has 24 heavy (non-hydrogen) atoms. The summed E-state index contributed by atoms with van der Waals surface area (Å²) in [6.45, 7) is 0.986. The maximum atomic E-state index is 11.8. The summed E-state index contributed by atoms with van der Waals surface area (Å²) in [4.78, 5) is 19.9. The quantitative estimate of drug-likeness (QED) is 0.594. The monoisotopic (exact) mass is 341 g/mol. The highest BCUT2D eigenvalue weighted by molar-refractivity contribution is 7.03. The molecular formula is C15H15N7OS. The zero-order valence-electron chi connectivity index (χ0n) is 12.6. The minimum Gasteiger partial charge on any atom is -0.352 e. The van der Waals surface area contributed by atoms with Gasteiger partial charge in [-0.15, -0.1) is 5.10 Å². The molecule has 0 saturated heterocycles. The second-order valence-corrected chi connectivity index (χ2v) is 5.36. The number of nitrogens with one attached hydrogen (secondary N) is 3. The summed E-state index contributed by atoms with van der Waals surface area (Å²) in [6, 6.07) is 8.90. The molecule has 122 valence electrons. The fourth-order valence-electron chi connectivity index (χ4n) is 1.93. The van der Waals surface area contributed by atoms with E-state index in [1.807, 2.05) is 29.6 Å². The van der Waals surface area contributed by atoms with Crippen molar-refractivity contribution in [3.63, 3.8) is 0 Å². The van der Waals surface area contributed by atoms with Crippen molar-refractivity contribution in [1.29, 1.82) is 0 Å². The average molecular weight is 341 g/mol. The van der Waals surface area contributed by atoms with Gasteiger partial charge in [-0.05, 0) is 29.7 Å². The zero-order chi connectivity index (χ0) is 16.6. The van der Waals surface area contributed by atoms with Crippen molar-refractivity contribution in [2.75, 3.05) is 23.7 Å². The van der Waals surface area contributed by atoms with Crippen molar-refractivity contribution in [1.82, 2.24) is 24.9 Å². The number of benzene rings is 1. The summed E-state index contributed by atoms with van der Waals surface area (Å²) in [5.74, 6) is 0.534. The topological polar surface area (TPSA) is 105 Å². The van der Waals surface area contributed by atoms with Gasteiger partial charge in [0.15, 0.2) is 0 Å². The molecule has 2 heterocycles. The van der Waals surface area contributed by atoms with Crippen LogP contribution < -0.4 is 16.0 Å². The van der Waals surface area contributed by atoms with E-state index in [0.717, 1.165) is 11.3 Å². The number of amides is 2. The summed E-state index contributed by atoms with van der Waals surface area (Å²) in [5.41, 5.74) is 2.49. The molecule has 2 amide bonds. The number of nitrogens with zero attached hydrogens (tertiary/aromatic N) is 4. The molecule has 0 atom stereocenters. The van der Waals surface area contributed by atoms with Crippen molar-refractivity contribution >= 4 is 29.2 Å². The number of carbonyl (C=O) groups excluding carboxylic acids is 1. The Balaban J connectivity index is 1.42. The molecule has 2 aromatic heterocycles. The molecule has 0 unspecified atom stereocenters. The molecule has 0 spiro atoms. The molecule has 0 aliphatic heterocycles. The Morgan fingerprint density at radius 1 is 1.08 bits per heavy atom. The third-order valence-corrected chi connectivity index (χ3v) is 3.56. The lowest BCUT2D eigenvalue weighted by molar-refractivity contribution is 0.252. The zero-order valence-corrected chi connectivity index (χ0v) is 13.5. The third kappa shape index (κ3) is 4.46. The van der Waals surface area contributed by atoms with Crippen LogP contribution in [0, 0.1) is 0 Å². The predicted octanol–water partition coefficient (Wildman–Crippen LogP) is 2.23. The Morgan fingerprint density at radius 3 is 2.58 bits per heavy atom. The van der Waals surface area contributed by atoms with Gasteiger partial charge in [0.05, 0.1) is 0 Å². The molecule has 3 aromatic rings. The summed E-state index contributed by atoms with van der Waals surface area (Å²) in [5, 5.41) is 14.4. The van der Waals surface area contributed by atoms with Gasteiger partial charge in [0.1, 0.15) is 5.69 Å². The van der Waals surface area contributed by atoms with E-state index in [2.05, 4.69) is 35.5 Å². The fourth-order valence-corrected chi connectivity index (χ4v) is 2.40. The molecule has 3 rings (SSSR count). The van der Waals surface area contributed by atoms with E-state index in [9.17, 15) is 4.79 Å². The van der Waals surface area contributed by atoms with E-state index < -0.39 is 0 Å². The largest absolute Gasteiger partial charge is 0.352 e. The first-order chi connectivity index (χ1) is 11.8. The first kappa shape index (κ1) is 15.8. The van der Waals surface area contributed by atoms with Gasteiger partial charge in [-0.1, -0.05) is 16.6 Å². The van der Waals surface area contributed by atoms with Gasteiger partial charge in [-0.25, -0.2) is 14.8 Å². The molecule has 3 N–H and O–H groups in total. The van der Waals surface area contributed by atoms with Crippen molar-refractivity contribution < 1.29 is 4.79 Å². The molecular weight excluding hydrogens is 326 g/mol. The molecule has 0 aliphatic carbocycles. The molecule has 0 bridgehead atoms. The van der Waals surface area contributed by atoms with Gasteiger partial charge in [0, 0.05) is 42.1 Å². The third-order valence-electron chi connectivity index (χ3n) is 3.06. The molecule has 9 heteroatoms. The smallest absolute Gasteiger partial charge is 0.319 e. The lowest BCUT2D eigenvalue weighted by Gasteiger charge is -2.08. The molecule has 0 radical (unpaired) electrons. The summed E-state index contributed by atoms with van der Waals surface area (Å²) in [6.07, 6.45) is 3.31. The van der Waals surface area contributed by atoms with Crippen LogP contribution in [0.2, 0.25) is 0 Å². The second kappa shape index (κ2) is 7.97. The lowest BCUT2D eigenvalue weighted by Crippen LogP contribution is -2.32. The van der Waals surface area contributed by atoms with E-state index in [1.54, 1.807) is 18.5 Å². The number of carbonyl (C=O) groups is 1. The maximum absolute atomic E-state index is 11.8. The van der Waals surface area contributed by atoms with Crippen molar-refractivity contribution in [2.24, 2.45) is 0 Å². The number of anilines is 2. The van der Waals surface area contributed by atoms with Gasteiger partial charge in [0.2, 0.25) is 5.95 Å². The Bertz CT molecular complexity index is 762. The molecule has 0 saturated carbocycles. The van der Waals surface area contributed by atoms with Gasteiger partial charge < -0.3 is 16.0 Å². The summed E-state index contributed by atoms with van der Waals surface area (Å²) in [7, 11) is 0. The number of aromatic nitrogens is 4. The number of urea groups is 1. The van der Waals surface area contributed by atoms with E-state index in [4.69, 9.17) is 0 Å². The number of rotatable bonds is 6. The van der Waals surface area contributed by atoms with Gasteiger partial charge >= 0.3 is 6.03 Å². The van der Waals surface area contributed by atoms with Crippen LogP contribution in [-0.2, 0) is 0 Å². The van der Waals surface area contributed by atoms with Crippen LogP contribution in [0.3, 0.4) is 0 Å². The fraction of sp³-hybridized carbons (Fsp3) is 0.133. The van der Waals surface area contributed by atoms with E-state index >= 15 is 0 Å². The Labute approximate surface area is 142 Å². The van der Waals surface area contributed by atoms with E-state index in [1.165, 1.54) is 11.5 Å². The van der Waals surface area contributed by atoms with Gasteiger partial charge in [-0.3, -0.25) is 0 Å². The number of hydrogen-bond donors (Lipinski definition) is 3. The van der Waals surface area contributed by atoms with Crippen LogP contribution in [-0.4, -0.2) is 38.7 Å². The SMILES string of the molecule is O=C(NCCNc1ncccn1)Nc1ccc(-c2csnn2)cc1. The van der Waals surface area contributed by atoms with Crippen LogP contribution in [0.1, 0.15) is 0 Å². The Morgan fingerprint density at radius 2 is 1.88 bits per heavy atom. The van der Waals surface area contributed by atoms with Crippen LogP contribution in [0.25, 0.3) is 11.3 Å². The Kier molecular flexibility index (Phi) is 5.25. The van der Waals surface area contributed by atoms with Crippen LogP contribution in [0.5, 0.6) is 0 Å². The van der Waals surface area contributed by atoms with Crippen molar-refractivity contribution in [3.8, 4) is 11.3 Å². The lowest BCUT2D eigenvalue weighted by atomic mass is 10.1. The van der Waals surface area contributed by atoms with Gasteiger partial charge in [0.25, 0.3) is 0 Å². The Hall–Kier alpha value is -3.07. The average Bonchev–Trinajstić information content (AvgIpc) is 3.15.